The zero-order chi connectivity index (χ0) is 26.7. The largest absolute Gasteiger partial charge is 0.441 e. The van der Waals surface area contributed by atoms with E-state index >= 15 is 0 Å². The van der Waals surface area contributed by atoms with Crippen LogP contribution in [0.5, 0.6) is 0 Å². The van der Waals surface area contributed by atoms with Gasteiger partial charge in [0, 0.05) is 43.5 Å². The van der Waals surface area contributed by atoms with Crippen LogP contribution in [0.15, 0.2) is 41.6 Å². The number of hydrogen-bond donors (Lipinski definition) is 2. The molecule has 13 heteroatoms. The Morgan fingerprint density at radius 3 is 2.59 bits per heavy atom. The van der Waals surface area contributed by atoms with E-state index in [9.17, 15) is 13.2 Å². The molecule has 0 aromatic carbocycles. The first-order valence-corrected chi connectivity index (χ1v) is 14.8. The van der Waals surface area contributed by atoms with Crippen molar-refractivity contribution in [2.75, 3.05) is 30.4 Å². The molecule has 4 rings (SSSR count). The first kappa shape index (κ1) is 27.4. The fraction of sp³-hybridized carbons (Fsp3) is 0.375. The first-order valence-electron chi connectivity index (χ1n) is 11.7. The monoisotopic (exact) mass is 583 g/mol. The summed E-state index contributed by atoms with van der Waals surface area (Å²) in [6.07, 6.45) is 6.24. The number of halogens is 2. The Balaban J connectivity index is 1.44. The molecule has 0 spiro atoms. The van der Waals surface area contributed by atoms with Gasteiger partial charge >= 0.3 is 0 Å². The van der Waals surface area contributed by atoms with Gasteiger partial charge in [-0.3, -0.25) is 9.52 Å². The number of thiophene rings is 1. The van der Waals surface area contributed by atoms with E-state index in [-0.39, 0.29) is 0 Å². The van der Waals surface area contributed by atoms with E-state index in [0.717, 1.165) is 23.5 Å². The van der Waals surface area contributed by atoms with E-state index in [0.29, 0.717) is 63.1 Å². The molecule has 0 saturated carbocycles. The van der Waals surface area contributed by atoms with Crippen molar-refractivity contribution in [2.45, 2.75) is 31.4 Å². The molecule has 1 saturated heterocycles. The third-order valence-corrected chi connectivity index (χ3v) is 9.64. The lowest BCUT2D eigenvalue weighted by molar-refractivity contribution is -0.123. The van der Waals surface area contributed by atoms with Crippen LogP contribution < -0.4 is 14.9 Å². The first-order chi connectivity index (χ1) is 17.7. The normalized spacial score (nSPS) is 15.4. The van der Waals surface area contributed by atoms with Crippen molar-refractivity contribution in [3.63, 3.8) is 0 Å². The molecule has 1 aliphatic rings. The standard InChI is InChI=1S/C24H27Cl2N5O4S2/c1-4-15-12-29-24(35-15)16-13-28-22(20(26)21(16)27-3)31-10-8-14(9-11-31)23(32)30-37(33,34)18(5-2)17-6-7-19(25)36-17/h5-7,12-14,18H,2,4,8-11H2,1,3H3,(H,27,28)(H,30,32). The van der Waals surface area contributed by atoms with Gasteiger partial charge in [-0.25, -0.2) is 18.4 Å². The lowest BCUT2D eigenvalue weighted by atomic mass is 9.96. The minimum Gasteiger partial charge on any atom is -0.441 e. The number of carbonyl (C=O) groups is 1. The van der Waals surface area contributed by atoms with Gasteiger partial charge in [0.2, 0.25) is 21.8 Å². The highest BCUT2D eigenvalue weighted by molar-refractivity contribution is 7.90. The van der Waals surface area contributed by atoms with Gasteiger partial charge < -0.3 is 14.6 Å². The lowest BCUT2D eigenvalue weighted by Gasteiger charge is -2.33. The van der Waals surface area contributed by atoms with Crippen molar-refractivity contribution in [1.82, 2.24) is 14.7 Å². The number of rotatable bonds is 9. The summed E-state index contributed by atoms with van der Waals surface area (Å²) in [7, 11) is -2.25. The number of nitrogens with zero attached hydrogens (tertiary/aromatic N) is 3. The predicted octanol–water partition coefficient (Wildman–Crippen LogP) is 5.30. The second-order valence-corrected chi connectivity index (χ2v) is 12.4. The van der Waals surface area contributed by atoms with Crippen molar-refractivity contribution in [1.29, 1.82) is 0 Å². The summed E-state index contributed by atoms with van der Waals surface area (Å²) < 4.78 is 34.3. The highest BCUT2D eigenvalue weighted by atomic mass is 35.5. The molecule has 0 aliphatic carbocycles. The van der Waals surface area contributed by atoms with Crippen LogP contribution in [0, 0.1) is 5.92 Å². The Bertz CT molecular complexity index is 1400. The highest BCUT2D eigenvalue weighted by Gasteiger charge is 2.33. The van der Waals surface area contributed by atoms with E-state index in [1.807, 2.05) is 11.8 Å². The van der Waals surface area contributed by atoms with Crippen LogP contribution in [0.2, 0.25) is 9.36 Å². The molecule has 1 amide bonds. The average Bonchev–Trinajstić information content (AvgIpc) is 3.53. The average molecular weight is 585 g/mol. The fourth-order valence-electron chi connectivity index (χ4n) is 4.22. The molecule has 1 atom stereocenters. The van der Waals surface area contributed by atoms with Gasteiger partial charge in [-0.2, -0.15) is 0 Å². The molecule has 4 heterocycles. The van der Waals surface area contributed by atoms with Gasteiger partial charge in [0.1, 0.15) is 21.9 Å². The Labute approximate surface area is 229 Å². The van der Waals surface area contributed by atoms with Gasteiger partial charge in [0.25, 0.3) is 0 Å². The third-order valence-electron chi connectivity index (χ3n) is 6.21. The summed E-state index contributed by atoms with van der Waals surface area (Å²) >= 11 is 13.8. The summed E-state index contributed by atoms with van der Waals surface area (Å²) in [5, 5.41) is 2.47. The zero-order valence-corrected chi connectivity index (χ0v) is 23.5. The molecule has 3 aromatic heterocycles. The van der Waals surface area contributed by atoms with Crippen molar-refractivity contribution < 1.29 is 17.6 Å². The number of aromatic nitrogens is 2. The number of amides is 1. The summed E-state index contributed by atoms with van der Waals surface area (Å²) in [5.41, 5.74) is 1.30. The van der Waals surface area contributed by atoms with E-state index in [1.54, 1.807) is 31.6 Å². The number of carbonyl (C=O) groups excluding carboxylic acids is 1. The van der Waals surface area contributed by atoms with Crippen LogP contribution in [-0.2, 0) is 21.2 Å². The number of hydrogen-bond acceptors (Lipinski definition) is 9. The maximum Gasteiger partial charge on any atom is 0.246 e. The second kappa shape index (κ2) is 11.4. The molecule has 1 unspecified atom stereocenters. The van der Waals surface area contributed by atoms with Gasteiger partial charge in [0.15, 0.2) is 0 Å². The number of nitrogens with one attached hydrogen (secondary N) is 2. The molecular weight excluding hydrogens is 557 g/mol. The van der Waals surface area contributed by atoms with Gasteiger partial charge in [0.05, 0.1) is 21.8 Å². The summed E-state index contributed by atoms with van der Waals surface area (Å²) in [5.74, 6) is 0.768. The molecule has 37 heavy (non-hydrogen) atoms. The molecule has 2 N–H and O–H groups in total. The fourth-order valence-corrected chi connectivity index (χ4v) is 7.36. The number of piperidine rings is 1. The molecule has 1 fully saturated rings. The van der Waals surface area contributed by atoms with Crippen LogP contribution in [-0.4, -0.2) is 44.4 Å². The minimum absolute atomic E-state index is 0.421. The molecular formula is C24H27Cl2N5O4S2. The number of pyridine rings is 1. The molecule has 0 bridgehead atoms. The molecule has 1 aliphatic heterocycles. The van der Waals surface area contributed by atoms with Gasteiger partial charge in [-0.15, -0.1) is 17.9 Å². The summed E-state index contributed by atoms with van der Waals surface area (Å²) in [4.78, 5) is 24.2. The number of anilines is 2. The predicted molar refractivity (Wildman–Crippen MR) is 148 cm³/mol. The maximum absolute atomic E-state index is 12.9. The third kappa shape index (κ3) is 5.79. The van der Waals surface area contributed by atoms with Crippen LogP contribution in [0.1, 0.15) is 35.7 Å². The Morgan fingerprint density at radius 2 is 2.03 bits per heavy atom. The maximum atomic E-state index is 12.9. The number of sulfonamides is 1. The SMILES string of the molecule is C=CC(c1ccc(Cl)s1)S(=O)(=O)NC(=O)C1CCN(c2ncc(-c3ncc(CC)o3)c(NC)c2Cl)CC1. The van der Waals surface area contributed by atoms with E-state index in [4.69, 9.17) is 27.6 Å². The minimum atomic E-state index is -4.01. The topological polar surface area (TPSA) is 117 Å². The highest BCUT2D eigenvalue weighted by Crippen LogP contribution is 2.39. The lowest BCUT2D eigenvalue weighted by Crippen LogP contribution is -2.43. The number of aryl methyl sites for hydroxylation is 1. The Morgan fingerprint density at radius 1 is 1.30 bits per heavy atom. The Kier molecular flexibility index (Phi) is 8.47. The van der Waals surface area contributed by atoms with Crippen LogP contribution in [0.3, 0.4) is 0 Å². The van der Waals surface area contributed by atoms with Crippen LogP contribution >= 0.6 is 34.5 Å². The molecule has 198 valence electrons. The molecule has 3 aromatic rings. The van der Waals surface area contributed by atoms with Crippen LogP contribution in [0.25, 0.3) is 11.5 Å². The van der Waals surface area contributed by atoms with Crippen molar-refractivity contribution in [3.8, 4) is 11.5 Å². The summed E-state index contributed by atoms with van der Waals surface area (Å²) in [6.45, 7) is 6.57. The van der Waals surface area contributed by atoms with Crippen molar-refractivity contribution in [3.05, 3.63) is 57.2 Å². The van der Waals surface area contributed by atoms with E-state index in [2.05, 4.69) is 26.6 Å². The number of oxazole rings is 1. The Hall–Kier alpha value is -2.60. The van der Waals surface area contributed by atoms with Gasteiger partial charge in [-0.05, 0) is 25.0 Å². The smallest absolute Gasteiger partial charge is 0.246 e. The summed E-state index contributed by atoms with van der Waals surface area (Å²) in [6, 6.07) is 3.23. The van der Waals surface area contributed by atoms with Crippen molar-refractivity contribution in [2.24, 2.45) is 5.92 Å². The quantitative estimate of drug-likeness (QED) is 0.326. The van der Waals surface area contributed by atoms with Crippen LogP contribution in [0.4, 0.5) is 11.5 Å². The second-order valence-electron chi connectivity index (χ2n) is 8.49. The van der Waals surface area contributed by atoms with Gasteiger partial charge in [-0.1, -0.05) is 36.2 Å². The van der Waals surface area contributed by atoms with E-state index < -0.39 is 27.1 Å². The van der Waals surface area contributed by atoms with Crippen molar-refractivity contribution >= 4 is 62.0 Å². The van der Waals surface area contributed by atoms with E-state index in [1.165, 1.54) is 6.08 Å². The molecule has 9 nitrogen and oxygen atoms in total. The zero-order valence-electron chi connectivity index (χ0n) is 20.3. The molecule has 0 radical (unpaired) electrons.